The molecule has 19 heavy (non-hydrogen) atoms. The standard InChI is InChI=1S/C15H18BrNS2/c1-3-17-15(13-9-18-10-14(13)16)11-5-7-12(8-6-11)19-4-2/h5-10,15,17H,3-4H2,1-2H3. The molecule has 0 fully saturated rings. The van der Waals surface area contributed by atoms with Crippen LogP contribution in [0.3, 0.4) is 0 Å². The minimum Gasteiger partial charge on any atom is -0.306 e. The number of hydrogen-bond acceptors (Lipinski definition) is 3. The van der Waals surface area contributed by atoms with Gasteiger partial charge in [0.1, 0.15) is 0 Å². The second kappa shape index (κ2) is 7.48. The van der Waals surface area contributed by atoms with Gasteiger partial charge in [-0.25, -0.2) is 0 Å². The largest absolute Gasteiger partial charge is 0.306 e. The number of thioether (sulfide) groups is 1. The Hall–Kier alpha value is -0.290. The first kappa shape index (κ1) is 15.1. The van der Waals surface area contributed by atoms with Crippen molar-refractivity contribution in [1.82, 2.24) is 5.32 Å². The fourth-order valence-electron chi connectivity index (χ4n) is 2.03. The van der Waals surface area contributed by atoms with Crippen LogP contribution in [0.2, 0.25) is 0 Å². The Balaban J connectivity index is 2.26. The molecular weight excluding hydrogens is 338 g/mol. The Morgan fingerprint density at radius 3 is 2.47 bits per heavy atom. The lowest BCUT2D eigenvalue weighted by atomic mass is 10.0. The van der Waals surface area contributed by atoms with E-state index in [1.54, 1.807) is 11.3 Å². The highest BCUT2D eigenvalue weighted by Gasteiger charge is 2.16. The summed E-state index contributed by atoms with van der Waals surface area (Å²) in [5.74, 6) is 1.12. The Bertz CT molecular complexity index is 507. The number of benzene rings is 1. The number of rotatable bonds is 6. The van der Waals surface area contributed by atoms with Gasteiger partial charge in [0, 0.05) is 14.7 Å². The van der Waals surface area contributed by atoms with Crippen LogP contribution in [0.5, 0.6) is 0 Å². The number of nitrogens with one attached hydrogen (secondary N) is 1. The SMILES string of the molecule is CCNC(c1ccc(SCC)cc1)c1cscc1Br. The van der Waals surface area contributed by atoms with Gasteiger partial charge >= 0.3 is 0 Å². The van der Waals surface area contributed by atoms with Crippen molar-refractivity contribution in [3.63, 3.8) is 0 Å². The van der Waals surface area contributed by atoms with E-state index in [0.29, 0.717) is 0 Å². The molecule has 1 unspecified atom stereocenters. The average molecular weight is 356 g/mol. The number of thiophene rings is 1. The van der Waals surface area contributed by atoms with E-state index < -0.39 is 0 Å². The minimum absolute atomic E-state index is 0.270. The van der Waals surface area contributed by atoms with Gasteiger partial charge < -0.3 is 5.32 Å². The van der Waals surface area contributed by atoms with E-state index >= 15 is 0 Å². The predicted octanol–water partition coefficient (Wildman–Crippen LogP) is 5.32. The Morgan fingerprint density at radius 1 is 1.21 bits per heavy atom. The Labute approximate surface area is 131 Å². The highest BCUT2D eigenvalue weighted by Crippen LogP contribution is 2.32. The summed E-state index contributed by atoms with van der Waals surface area (Å²) in [6.07, 6.45) is 0. The maximum absolute atomic E-state index is 3.64. The molecule has 0 aliphatic carbocycles. The van der Waals surface area contributed by atoms with Crippen molar-refractivity contribution in [1.29, 1.82) is 0 Å². The van der Waals surface area contributed by atoms with Crippen LogP contribution in [0.15, 0.2) is 44.4 Å². The zero-order valence-corrected chi connectivity index (χ0v) is 14.4. The molecule has 0 radical (unpaired) electrons. The van der Waals surface area contributed by atoms with Gasteiger partial charge in [0.05, 0.1) is 6.04 Å². The molecule has 0 spiro atoms. The number of hydrogen-bond donors (Lipinski definition) is 1. The van der Waals surface area contributed by atoms with Crippen LogP contribution >= 0.6 is 39.0 Å². The topological polar surface area (TPSA) is 12.0 Å². The molecule has 0 saturated heterocycles. The van der Waals surface area contributed by atoms with E-state index in [-0.39, 0.29) is 6.04 Å². The molecule has 2 rings (SSSR count). The van der Waals surface area contributed by atoms with E-state index in [1.165, 1.54) is 20.5 Å². The molecule has 0 bridgehead atoms. The fraction of sp³-hybridized carbons (Fsp3) is 0.333. The summed E-state index contributed by atoms with van der Waals surface area (Å²) >= 11 is 7.26. The molecule has 1 atom stereocenters. The quantitative estimate of drug-likeness (QED) is 0.703. The third kappa shape index (κ3) is 3.85. The summed E-state index contributed by atoms with van der Waals surface area (Å²) in [7, 11) is 0. The van der Waals surface area contributed by atoms with Crippen LogP contribution in [-0.2, 0) is 0 Å². The molecule has 0 aliphatic rings. The first-order valence-corrected chi connectivity index (χ1v) is 9.16. The second-order valence-electron chi connectivity index (χ2n) is 4.17. The van der Waals surface area contributed by atoms with Gasteiger partial charge in [0.15, 0.2) is 0 Å². The lowest BCUT2D eigenvalue weighted by Crippen LogP contribution is -2.21. The van der Waals surface area contributed by atoms with Crippen LogP contribution in [0, 0.1) is 0 Å². The Kier molecular flexibility index (Phi) is 5.95. The lowest BCUT2D eigenvalue weighted by molar-refractivity contribution is 0.630. The van der Waals surface area contributed by atoms with E-state index in [1.807, 2.05) is 11.8 Å². The van der Waals surface area contributed by atoms with Crippen molar-refractivity contribution in [2.24, 2.45) is 0 Å². The molecule has 4 heteroatoms. The Morgan fingerprint density at radius 2 is 1.95 bits per heavy atom. The van der Waals surface area contributed by atoms with Gasteiger partial charge in [0.25, 0.3) is 0 Å². The van der Waals surface area contributed by atoms with Crippen molar-refractivity contribution >= 4 is 39.0 Å². The van der Waals surface area contributed by atoms with Crippen molar-refractivity contribution in [2.45, 2.75) is 24.8 Å². The predicted molar refractivity (Wildman–Crippen MR) is 90.4 cm³/mol. The molecule has 1 N–H and O–H groups in total. The highest BCUT2D eigenvalue weighted by atomic mass is 79.9. The third-order valence-corrected chi connectivity index (χ3v) is 5.53. The summed E-state index contributed by atoms with van der Waals surface area (Å²) in [6, 6.07) is 9.17. The molecular formula is C15H18BrNS2. The molecule has 1 aromatic heterocycles. The highest BCUT2D eigenvalue weighted by molar-refractivity contribution is 9.10. The van der Waals surface area contributed by atoms with Gasteiger partial charge in [-0.05, 0) is 56.9 Å². The first-order valence-electron chi connectivity index (χ1n) is 6.44. The number of halogens is 1. The van der Waals surface area contributed by atoms with Gasteiger partial charge in [-0.2, -0.15) is 11.3 Å². The maximum atomic E-state index is 3.64. The van der Waals surface area contributed by atoms with E-state index in [4.69, 9.17) is 0 Å². The maximum Gasteiger partial charge on any atom is 0.0596 e. The monoisotopic (exact) mass is 355 g/mol. The van der Waals surface area contributed by atoms with Gasteiger partial charge in [-0.1, -0.05) is 26.0 Å². The third-order valence-electron chi connectivity index (χ3n) is 2.89. The smallest absolute Gasteiger partial charge is 0.0596 e. The molecule has 2 aromatic rings. The van der Waals surface area contributed by atoms with Crippen molar-refractivity contribution in [3.8, 4) is 0 Å². The van der Waals surface area contributed by atoms with Gasteiger partial charge in [-0.15, -0.1) is 11.8 Å². The lowest BCUT2D eigenvalue weighted by Gasteiger charge is -2.18. The van der Waals surface area contributed by atoms with Gasteiger partial charge in [0.2, 0.25) is 0 Å². The summed E-state index contributed by atoms with van der Waals surface area (Å²) in [5.41, 5.74) is 2.64. The molecule has 1 aromatic carbocycles. The summed E-state index contributed by atoms with van der Waals surface area (Å²) in [6.45, 7) is 5.29. The normalized spacial score (nSPS) is 12.6. The molecule has 102 valence electrons. The molecule has 0 aliphatic heterocycles. The van der Waals surface area contributed by atoms with Gasteiger partial charge in [-0.3, -0.25) is 0 Å². The average Bonchev–Trinajstić information content (AvgIpc) is 2.84. The first-order chi connectivity index (χ1) is 9.26. The molecule has 1 nitrogen and oxygen atoms in total. The zero-order chi connectivity index (χ0) is 13.7. The molecule has 1 heterocycles. The van der Waals surface area contributed by atoms with Crippen molar-refractivity contribution < 1.29 is 0 Å². The second-order valence-corrected chi connectivity index (χ2v) is 7.10. The van der Waals surface area contributed by atoms with E-state index in [9.17, 15) is 0 Å². The van der Waals surface area contributed by atoms with Crippen molar-refractivity contribution in [3.05, 3.63) is 50.6 Å². The zero-order valence-electron chi connectivity index (χ0n) is 11.2. The van der Waals surface area contributed by atoms with Crippen LogP contribution in [0.25, 0.3) is 0 Å². The molecule has 0 amide bonds. The van der Waals surface area contributed by atoms with Crippen molar-refractivity contribution in [2.75, 3.05) is 12.3 Å². The van der Waals surface area contributed by atoms with Crippen LogP contribution < -0.4 is 5.32 Å². The van der Waals surface area contributed by atoms with E-state index in [2.05, 4.69) is 70.1 Å². The minimum atomic E-state index is 0.270. The summed E-state index contributed by atoms with van der Waals surface area (Å²) in [5, 5.41) is 7.92. The molecule has 0 saturated carbocycles. The fourth-order valence-corrected chi connectivity index (χ4v) is 4.25. The summed E-state index contributed by atoms with van der Waals surface area (Å²) < 4.78 is 1.19. The van der Waals surface area contributed by atoms with Crippen LogP contribution in [0.4, 0.5) is 0 Å². The summed E-state index contributed by atoms with van der Waals surface area (Å²) in [4.78, 5) is 1.34. The van der Waals surface area contributed by atoms with Crippen LogP contribution in [0.1, 0.15) is 31.0 Å². The van der Waals surface area contributed by atoms with E-state index in [0.717, 1.165) is 12.3 Å². The van der Waals surface area contributed by atoms with Crippen LogP contribution in [-0.4, -0.2) is 12.3 Å².